The number of fused-ring (bicyclic) bond motifs is 1. The molecule has 2 aromatic heterocycles. The van der Waals surface area contributed by atoms with Crippen LogP contribution in [-0.2, 0) is 0 Å². The minimum Gasteiger partial charge on any atom is -0.494 e. The Morgan fingerprint density at radius 1 is 1.26 bits per heavy atom. The molecule has 3 aromatic rings. The Kier molecular flexibility index (Phi) is 4.44. The lowest BCUT2D eigenvalue weighted by molar-refractivity contribution is 0.104. The summed E-state index contributed by atoms with van der Waals surface area (Å²) in [7, 11) is 0. The molecule has 0 N–H and O–H groups in total. The van der Waals surface area contributed by atoms with Gasteiger partial charge in [0.1, 0.15) is 11.4 Å². The van der Waals surface area contributed by atoms with Crippen LogP contribution in [0.3, 0.4) is 0 Å². The van der Waals surface area contributed by atoms with E-state index in [1.807, 2.05) is 35.7 Å². The fourth-order valence-corrected chi connectivity index (χ4v) is 2.51. The van der Waals surface area contributed by atoms with Crippen LogP contribution in [0.1, 0.15) is 23.0 Å². The van der Waals surface area contributed by atoms with Crippen LogP contribution in [-0.4, -0.2) is 21.8 Å². The van der Waals surface area contributed by atoms with E-state index in [9.17, 15) is 4.79 Å². The summed E-state index contributed by atoms with van der Waals surface area (Å²) in [5.74, 6) is 0.646. The zero-order valence-corrected chi connectivity index (χ0v) is 13.3. The van der Waals surface area contributed by atoms with Crippen LogP contribution in [0.4, 0.5) is 0 Å². The summed E-state index contributed by atoms with van der Waals surface area (Å²) in [6, 6.07) is 12.7. The number of hydrogen-bond acceptors (Lipinski definition) is 3. The predicted octanol–water partition coefficient (Wildman–Crippen LogP) is 4.28. The summed E-state index contributed by atoms with van der Waals surface area (Å²) in [4.78, 5) is 16.5. The van der Waals surface area contributed by atoms with Crippen LogP contribution >= 0.6 is 11.6 Å². The lowest BCUT2D eigenvalue weighted by Gasteiger charge is -2.02. The molecule has 0 saturated heterocycles. The monoisotopic (exact) mass is 326 g/mol. The minimum atomic E-state index is -0.102. The van der Waals surface area contributed by atoms with Gasteiger partial charge in [-0.15, -0.1) is 0 Å². The lowest BCUT2D eigenvalue weighted by atomic mass is 10.1. The van der Waals surface area contributed by atoms with E-state index in [1.54, 1.807) is 30.3 Å². The smallest absolute Gasteiger partial charge is 0.185 e. The highest BCUT2D eigenvalue weighted by Crippen LogP contribution is 2.19. The van der Waals surface area contributed by atoms with Gasteiger partial charge in [0.25, 0.3) is 0 Å². The van der Waals surface area contributed by atoms with Crippen molar-refractivity contribution < 1.29 is 9.53 Å². The number of carbonyl (C=O) groups excluding carboxylic acids is 1. The number of carbonyl (C=O) groups is 1. The first-order chi connectivity index (χ1) is 11.2. The quantitative estimate of drug-likeness (QED) is 0.519. The summed E-state index contributed by atoms with van der Waals surface area (Å²) in [6.07, 6.45) is 5.04. The highest BCUT2D eigenvalue weighted by Gasteiger charge is 2.08. The van der Waals surface area contributed by atoms with Gasteiger partial charge in [0.05, 0.1) is 12.3 Å². The van der Waals surface area contributed by atoms with Crippen molar-refractivity contribution in [2.75, 3.05) is 6.61 Å². The Labute approximate surface area is 139 Å². The van der Waals surface area contributed by atoms with Gasteiger partial charge >= 0.3 is 0 Å². The van der Waals surface area contributed by atoms with Gasteiger partial charge in [0.2, 0.25) is 0 Å². The molecule has 4 nitrogen and oxygen atoms in total. The molecule has 0 unspecified atom stereocenters. The summed E-state index contributed by atoms with van der Waals surface area (Å²) in [5, 5.41) is 0.368. The lowest BCUT2D eigenvalue weighted by Crippen LogP contribution is -1.96. The van der Waals surface area contributed by atoms with E-state index in [-0.39, 0.29) is 5.78 Å². The van der Waals surface area contributed by atoms with Crippen molar-refractivity contribution in [1.29, 1.82) is 0 Å². The number of benzene rings is 1. The summed E-state index contributed by atoms with van der Waals surface area (Å²) < 4.78 is 7.20. The number of rotatable bonds is 5. The number of ketones is 1. The van der Waals surface area contributed by atoms with Crippen molar-refractivity contribution >= 4 is 29.1 Å². The van der Waals surface area contributed by atoms with Crippen molar-refractivity contribution in [2.45, 2.75) is 6.92 Å². The molecule has 0 amide bonds. The topological polar surface area (TPSA) is 43.6 Å². The predicted molar refractivity (Wildman–Crippen MR) is 91.2 cm³/mol. The molecule has 0 spiro atoms. The van der Waals surface area contributed by atoms with E-state index in [0.29, 0.717) is 23.0 Å². The third kappa shape index (κ3) is 3.27. The molecule has 0 aliphatic heterocycles. The van der Waals surface area contributed by atoms with Gasteiger partial charge in [-0.05, 0) is 55.5 Å². The largest absolute Gasteiger partial charge is 0.494 e. The van der Waals surface area contributed by atoms with Gasteiger partial charge in [-0.25, -0.2) is 4.98 Å². The molecule has 0 fully saturated rings. The second kappa shape index (κ2) is 6.67. The molecule has 0 atom stereocenters. The van der Waals surface area contributed by atoms with Crippen LogP contribution in [0, 0.1) is 0 Å². The second-order valence-electron chi connectivity index (χ2n) is 4.87. The molecule has 0 aliphatic rings. The van der Waals surface area contributed by atoms with Gasteiger partial charge in [-0.3, -0.25) is 9.20 Å². The fourth-order valence-electron chi connectivity index (χ4n) is 2.27. The Morgan fingerprint density at radius 2 is 2.04 bits per heavy atom. The Hall–Kier alpha value is -2.59. The molecule has 2 heterocycles. The van der Waals surface area contributed by atoms with Gasteiger partial charge in [-0.1, -0.05) is 17.7 Å². The van der Waals surface area contributed by atoms with E-state index in [1.165, 1.54) is 6.08 Å². The molecule has 1 aromatic carbocycles. The maximum absolute atomic E-state index is 12.3. The normalized spacial score (nSPS) is 11.2. The van der Waals surface area contributed by atoms with Crippen molar-refractivity contribution in [3.63, 3.8) is 0 Å². The highest BCUT2D eigenvalue weighted by molar-refractivity contribution is 6.31. The molecule has 3 rings (SSSR count). The summed E-state index contributed by atoms with van der Waals surface area (Å²) in [6.45, 7) is 2.52. The molecule has 116 valence electrons. The van der Waals surface area contributed by atoms with E-state index in [0.717, 1.165) is 11.4 Å². The number of pyridine rings is 1. The van der Waals surface area contributed by atoms with Crippen molar-refractivity contribution in [1.82, 2.24) is 9.38 Å². The first-order valence-corrected chi connectivity index (χ1v) is 7.64. The van der Waals surface area contributed by atoms with Gasteiger partial charge in [-0.2, -0.15) is 0 Å². The van der Waals surface area contributed by atoms with Crippen LogP contribution in [0.15, 0.2) is 54.7 Å². The van der Waals surface area contributed by atoms with E-state index in [2.05, 4.69) is 4.98 Å². The number of ether oxygens (including phenoxy) is 1. The third-order valence-corrected chi connectivity index (χ3v) is 3.64. The molecular weight excluding hydrogens is 312 g/mol. The summed E-state index contributed by atoms with van der Waals surface area (Å²) in [5.41, 5.74) is 2.02. The summed E-state index contributed by atoms with van der Waals surface area (Å²) >= 11 is 6.14. The maximum Gasteiger partial charge on any atom is 0.185 e. The third-order valence-electron chi connectivity index (χ3n) is 3.36. The fraction of sp³-hybridized carbons (Fsp3) is 0.111. The van der Waals surface area contributed by atoms with Crippen molar-refractivity contribution in [3.05, 3.63) is 71.1 Å². The van der Waals surface area contributed by atoms with Gasteiger partial charge in [0.15, 0.2) is 10.9 Å². The maximum atomic E-state index is 12.3. The van der Waals surface area contributed by atoms with E-state index >= 15 is 0 Å². The Balaban J connectivity index is 1.83. The first-order valence-electron chi connectivity index (χ1n) is 7.27. The Bertz CT molecular complexity index is 866. The van der Waals surface area contributed by atoms with E-state index < -0.39 is 0 Å². The number of halogens is 1. The number of imidazole rings is 1. The highest BCUT2D eigenvalue weighted by atomic mass is 35.5. The molecule has 0 radical (unpaired) electrons. The number of nitrogens with zero attached hydrogens (tertiary/aromatic N) is 2. The first kappa shape index (κ1) is 15.3. The van der Waals surface area contributed by atoms with Crippen molar-refractivity contribution in [3.8, 4) is 5.75 Å². The standard InChI is InChI=1S/C18H15ClN2O2/c1-2-23-14-8-6-13(7-9-14)16(22)11-10-15-18(19)20-17-5-3-4-12-21(15)17/h3-12H,2H2,1H3/b11-10+. The number of aromatic nitrogens is 2. The van der Waals surface area contributed by atoms with Crippen LogP contribution in [0.25, 0.3) is 11.7 Å². The van der Waals surface area contributed by atoms with Crippen LogP contribution in [0.2, 0.25) is 5.15 Å². The SMILES string of the molecule is CCOc1ccc(C(=O)/C=C/c2c(Cl)nc3ccccn23)cc1. The van der Waals surface area contributed by atoms with Gasteiger partial charge < -0.3 is 4.74 Å². The van der Waals surface area contributed by atoms with Crippen LogP contribution in [0.5, 0.6) is 5.75 Å². The van der Waals surface area contributed by atoms with Gasteiger partial charge in [0, 0.05) is 11.8 Å². The molecule has 5 heteroatoms. The zero-order valence-electron chi connectivity index (χ0n) is 12.6. The molecule has 0 saturated carbocycles. The molecule has 0 aliphatic carbocycles. The second-order valence-corrected chi connectivity index (χ2v) is 5.23. The number of allylic oxidation sites excluding steroid dienone is 1. The Morgan fingerprint density at radius 3 is 2.78 bits per heavy atom. The van der Waals surface area contributed by atoms with E-state index in [4.69, 9.17) is 16.3 Å². The average Bonchev–Trinajstić information content (AvgIpc) is 2.89. The number of hydrogen-bond donors (Lipinski definition) is 0. The molecular formula is C18H15ClN2O2. The average molecular weight is 327 g/mol. The minimum absolute atomic E-state index is 0.102. The zero-order chi connectivity index (χ0) is 16.2. The molecule has 0 bridgehead atoms. The van der Waals surface area contributed by atoms with Crippen molar-refractivity contribution in [2.24, 2.45) is 0 Å². The molecule has 23 heavy (non-hydrogen) atoms. The van der Waals surface area contributed by atoms with Crippen LogP contribution < -0.4 is 4.74 Å².